The molecule has 2 rings (SSSR count). The van der Waals surface area contributed by atoms with Crippen molar-refractivity contribution >= 4 is 34.2 Å². The number of carbonyl (C=O) groups excluding carboxylic acids is 1. The fourth-order valence-electron chi connectivity index (χ4n) is 2.14. The topological polar surface area (TPSA) is 55.6 Å². The summed E-state index contributed by atoms with van der Waals surface area (Å²) in [6.07, 6.45) is -0.0456. The van der Waals surface area contributed by atoms with Gasteiger partial charge in [-0.15, -0.1) is 12.4 Å². The zero-order chi connectivity index (χ0) is 13.8. The Bertz CT molecular complexity index is 441. The number of hydrogen-bond acceptors (Lipinski definition) is 3. The minimum absolute atomic E-state index is 0. The van der Waals surface area contributed by atoms with E-state index in [2.05, 4.69) is 15.9 Å². The van der Waals surface area contributed by atoms with Gasteiger partial charge in [0.05, 0.1) is 13.2 Å². The lowest BCUT2D eigenvalue weighted by Gasteiger charge is -2.34. The summed E-state index contributed by atoms with van der Waals surface area (Å²) >= 11 is 3.41. The molecule has 1 aliphatic heterocycles. The SMILES string of the molecule is CC(CN)C(=O)N1CCOC(c2ccc(Br)cc2)C1.Cl. The molecule has 2 atom stereocenters. The molecule has 0 saturated carbocycles. The minimum Gasteiger partial charge on any atom is -0.370 e. The molecule has 1 aromatic rings. The molecule has 1 amide bonds. The fraction of sp³-hybridized carbons (Fsp3) is 0.500. The number of morpholine rings is 1. The van der Waals surface area contributed by atoms with Crippen LogP contribution in [0.15, 0.2) is 28.7 Å². The van der Waals surface area contributed by atoms with Crippen LogP contribution >= 0.6 is 28.3 Å². The van der Waals surface area contributed by atoms with Crippen LogP contribution in [0.3, 0.4) is 0 Å². The van der Waals surface area contributed by atoms with Gasteiger partial charge in [0.1, 0.15) is 6.10 Å². The molecule has 2 N–H and O–H groups in total. The van der Waals surface area contributed by atoms with Crippen molar-refractivity contribution in [1.82, 2.24) is 4.90 Å². The van der Waals surface area contributed by atoms with Gasteiger partial charge in [-0.25, -0.2) is 0 Å². The third kappa shape index (κ3) is 4.19. The van der Waals surface area contributed by atoms with E-state index in [0.717, 1.165) is 10.0 Å². The highest BCUT2D eigenvalue weighted by atomic mass is 79.9. The number of amides is 1. The van der Waals surface area contributed by atoms with E-state index in [9.17, 15) is 4.79 Å². The molecule has 2 unspecified atom stereocenters. The molecule has 4 nitrogen and oxygen atoms in total. The third-order valence-corrected chi connectivity index (χ3v) is 3.92. The molecule has 0 aliphatic carbocycles. The van der Waals surface area contributed by atoms with Crippen molar-refractivity contribution in [2.45, 2.75) is 13.0 Å². The average molecular weight is 364 g/mol. The van der Waals surface area contributed by atoms with E-state index in [0.29, 0.717) is 26.2 Å². The van der Waals surface area contributed by atoms with Gasteiger partial charge < -0.3 is 15.4 Å². The first kappa shape index (κ1) is 17.4. The summed E-state index contributed by atoms with van der Waals surface area (Å²) in [5.41, 5.74) is 6.66. The number of hydrogen-bond donors (Lipinski definition) is 1. The Morgan fingerprint density at radius 2 is 2.15 bits per heavy atom. The highest BCUT2D eigenvalue weighted by Crippen LogP contribution is 2.24. The largest absolute Gasteiger partial charge is 0.370 e. The highest BCUT2D eigenvalue weighted by Gasteiger charge is 2.27. The van der Waals surface area contributed by atoms with Gasteiger partial charge in [-0.1, -0.05) is 35.0 Å². The summed E-state index contributed by atoms with van der Waals surface area (Å²) in [5, 5.41) is 0. The molecular formula is C14H20BrClN2O2. The van der Waals surface area contributed by atoms with Gasteiger partial charge in [-0.3, -0.25) is 4.79 Å². The molecule has 0 radical (unpaired) electrons. The lowest BCUT2D eigenvalue weighted by atomic mass is 10.1. The van der Waals surface area contributed by atoms with Crippen LogP contribution in [-0.2, 0) is 9.53 Å². The van der Waals surface area contributed by atoms with Crippen LogP contribution in [0.25, 0.3) is 0 Å². The van der Waals surface area contributed by atoms with Crippen molar-refractivity contribution in [3.8, 4) is 0 Å². The van der Waals surface area contributed by atoms with Crippen LogP contribution in [0.2, 0.25) is 0 Å². The molecule has 0 bridgehead atoms. The maximum atomic E-state index is 12.1. The number of halogens is 2. The first-order chi connectivity index (χ1) is 9.11. The number of ether oxygens (including phenoxy) is 1. The monoisotopic (exact) mass is 362 g/mol. The van der Waals surface area contributed by atoms with E-state index in [1.807, 2.05) is 36.1 Å². The molecule has 1 aromatic carbocycles. The van der Waals surface area contributed by atoms with Crippen LogP contribution in [0.4, 0.5) is 0 Å². The first-order valence-electron chi connectivity index (χ1n) is 6.47. The quantitative estimate of drug-likeness (QED) is 0.897. The molecule has 0 spiro atoms. The Labute approximate surface area is 134 Å². The van der Waals surface area contributed by atoms with E-state index in [1.165, 1.54) is 0 Å². The highest BCUT2D eigenvalue weighted by molar-refractivity contribution is 9.10. The second-order valence-corrected chi connectivity index (χ2v) is 5.75. The standard InChI is InChI=1S/C14H19BrN2O2.ClH/c1-10(8-16)14(18)17-6-7-19-13(9-17)11-2-4-12(15)5-3-11;/h2-5,10,13H,6-9,16H2,1H3;1H. The zero-order valence-electron chi connectivity index (χ0n) is 11.4. The summed E-state index contributed by atoms with van der Waals surface area (Å²) in [5.74, 6) is -0.00317. The summed E-state index contributed by atoms with van der Waals surface area (Å²) in [6, 6.07) is 8.02. The Balaban J connectivity index is 0.00000200. The van der Waals surface area contributed by atoms with E-state index >= 15 is 0 Å². The minimum atomic E-state index is -0.122. The van der Waals surface area contributed by atoms with Crippen LogP contribution < -0.4 is 5.73 Å². The summed E-state index contributed by atoms with van der Waals surface area (Å²) in [6.45, 7) is 4.08. The van der Waals surface area contributed by atoms with E-state index in [4.69, 9.17) is 10.5 Å². The molecule has 1 fully saturated rings. The maximum absolute atomic E-state index is 12.1. The van der Waals surface area contributed by atoms with Crippen LogP contribution in [0.1, 0.15) is 18.6 Å². The molecular weight excluding hydrogens is 344 g/mol. The van der Waals surface area contributed by atoms with Crippen molar-refractivity contribution < 1.29 is 9.53 Å². The number of benzene rings is 1. The number of nitrogens with zero attached hydrogens (tertiary/aromatic N) is 1. The third-order valence-electron chi connectivity index (χ3n) is 3.40. The lowest BCUT2D eigenvalue weighted by Crippen LogP contribution is -2.45. The van der Waals surface area contributed by atoms with Gasteiger partial charge in [0.15, 0.2) is 0 Å². The Morgan fingerprint density at radius 3 is 2.75 bits per heavy atom. The van der Waals surface area contributed by atoms with Crippen molar-refractivity contribution in [3.63, 3.8) is 0 Å². The molecule has 20 heavy (non-hydrogen) atoms. The zero-order valence-corrected chi connectivity index (χ0v) is 13.8. The number of nitrogens with two attached hydrogens (primary N) is 1. The summed E-state index contributed by atoms with van der Waals surface area (Å²) in [4.78, 5) is 14.0. The van der Waals surface area contributed by atoms with E-state index in [-0.39, 0.29) is 30.3 Å². The summed E-state index contributed by atoms with van der Waals surface area (Å²) < 4.78 is 6.80. The average Bonchev–Trinajstić information content (AvgIpc) is 2.46. The molecule has 0 aromatic heterocycles. The van der Waals surface area contributed by atoms with Gasteiger partial charge in [-0.05, 0) is 17.7 Å². The van der Waals surface area contributed by atoms with Crippen molar-refractivity contribution in [2.24, 2.45) is 11.7 Å². The predicted octanol–water partition coefficient (Wildman–Crippen LogP) is 2.37. The van der Waals surface area contributed by atoms with Crippen LogP contribution in [0.5, 0.6) is 0 Å². The van der Waals surface area contributed by atoms with Crippen LogP contribution in [0, 0.1) is 5.92 Å². The van der Waals surface area contributed by atoms with Crippen molar-refractivity contribution in [2.75, 3.05) is 26.2 Å². The molecule has 1 aliphatic rings. The first-order valence-corrected chi connectivity index (χ1v) is 7.27. The fourth-order valence-corrected chi connectivity index (χ4v) is 2.41. The maximum Gasteiger partial charge on any atom is 0.226 e. The Kier molecular flexibility index (Phi) is 6.95. The normalized spacial score (nSPS) is 20.1. The molecule has 1 heterocycles. The number of carbonyl (C=O) groups is 1. The molecule has 1 saturated heterocycles. The predicted molar refractivity (Wildman–Crippen MR) is 84.9 cm³/mol. The van der Waals surface area contributed by atoms with Gasteiger partial charge in [0.25, 0.3) is 0 Å². The Morgan fingerprint density at radius 1 is 1.50 bits per heavy atom. The van der Waals surface area contributed by atoms with Crippen molar-refractivity contribution in [1.29, 1.82) is 0 Å². The van der Waals surface area contributed by atoms with Crippen molar-refractivity contribution in [3.05, 3.63) is 34.3 Å². The summed E-state index contributed by atoms with van der Waals surface area (Å²) in [7, 11) is 0. The second kappa shape index (κ2) is 7.98. The lowest BCUT2D eigenvalue weighted by molar-refractivity contribution is -0.142. The van der Waals surface area contributed by atoms with E-state index < -0.39 is 0 Å². The van der Waals surface area contributed by atoms with Gasteiger partial charge in [0, 0.05) is 23.5 Å². The van der Waals surface area contributed by atoms with Gasteiger partial charge in [-0.2, -0.15) is 0 Å². The molecule has 112 valence electrons. The van der Waals surface area contributed by atoms with E-state index in [1.54, 1.807) is 0 Å². The van der Waals surface area contributed by atoms with Gasteiger partial charge in [0.2, 0.25) is 5.91 Å². The molecule has 6 heteroatoms. The van der Waals surface area contributed by atoms with Gasteiger partial charge >= 0.3 is 0 Å². The number of rotatable bonds is 3. The van der Waals surface area contributed by atoms with Crippen LogP contribution in [-0.4, -0.2) is 37.0 Å². The Hall–Kier alpha value is -0.620. The smallest absolute Gasteiger partial charge is 0.226 e. The second-order valence-electron chi connectivity index (χ2n) is 4.83.